The third-order valence-electron chi connectivity index (χ3n) is 10.8. The number of nitrogens with zero attached hydrogens (tertiary/aromatic N) is 3. The SMILES string of the molecule is c1ccc(-c2nc(-c3ccc(-n4c5ccccc5c5c6oc7ccccc7c6c6c7ccccc7oc6c54)c4ccccc34)nc3ccccc23)cc1. The predicted octanol–water partition coefficient (Wildman–Crippen LogP) is 13.0. The van der Waals surface area contributed by atoms with Crippen molar-refractivity contribution in [1.29, 1.82) is 0 Å². The van der Waals surface area contributed by atoms with E-state index in [2.05, 4.69) is 138 Å². The molecule has 0 radical (unpaired) electrons. The molecule has 0 saturated carbocycles. The van der Waals surface area contributed by atoms with Gasteiger partial charge in [-0.1, -0.05) is 127 Å². The summed E-state index contributed by atoms with van der Waals surface area (Å²) in [6.45, 7) is 0. The van der Waals surface area contributed by atoms with Crippen molar-refractivity contribution in [3.63, 3.8) is 0 Å². The van der Waals surface area contributed by atoms with E-state index in [1.54, 1.807) is 0 Å². The summed E-state index contributed by atoms with van der Waals surface area (Å²) >= 11 is 0. The van der Waals surface area contributed by atoms with Crippen LogP contribution in [0.5, 0.6) is 0 Å². The molecule has 0 N–H and O–H groups in total. The fourth-order valence-corrected chi connectivity index (χ4v) is 8.55. The average molecular weight is 678 g/mol. The van der Waals surface area contributed by atoms with E-state index in [4.69, 9.17) is 18.8 Å². The maximum Gasteiger partial charge on any atom is 0.161 e. The first kappa shape index (κ1) is 28.5. The van der Waals surface area contributed by atoms with Crippen molar-refractivity contribution in [2.45, 2.75) is 0 Å². The lowest BCUT2D eigenvalue weighted by Gasteiger charge is -2.15. The highest BCUT2D eigenvalue weighted by Gasteiger charge is 2.27. The van der Waals surface area contributed by atoms with E-state index in [-0.39, 0.29) is 0 Å². The van der Waals surface area contributed by atoms with Crippen LogP contribution in [0.25, 0.3) is 116 Å². The van der Waals surface area contributed by atoms with Gasteiger partial charge in [0.15, 0.2) is 11.4 Å². The maximum atomic E-state index is 6.90. The lowest BCUT2D eigenvalue weighted by Crippen LogP contribution is -1.99. The van der Waals surface area contributed by atoms with Crippen molar-refractivity contribution in [3.05, 3.63) is 164 Å². The molecule has 0 saturated heterocycles. The van der Waals surface area contributed by atoms with Gasteiger partial charge in [0.25, 0.3) is 0 Å². The second-order valence-electron chi connectivity index (χ2n) is 13.6. The molecule has 0 aliphatic heterocycles. The molecule has 5 nitrogen and oxygen atoms in total. The van der Waals surface area contributed by atoms with Gasteiger partial charge in [0.1, 0.15) is 22.3 Å². The zero-order chi connectivity index (χ0) is 34.6. The molecule has 4 aromatic heterocycles. The fourth-order valence-electron chi connectivity index (χ4n) is 8.55. The Morgan fingerprint density at radius 2 is 1.00 bits per heavy atom. The van der Waals surface area contributed by atoms with Gasteiger partial charge in [-0.3, -0.25) is 0 Å². The summed E-state index contributed by atoms with van der Waals surface area (Å²) in [5.41, 5.74) is 10.4. The predicted molar refractivity (Wildman–Crippen MR) is 217 cm³/mol. The summed E-state index contributed by atoms with van der Waals surface area (Å²) in [7, 11) is 0. The van der Waals surface area contributed by atoms with Crippen LogP contribution < -0.4 is 0 Å². The molecule has 246 valence electrons. The molecule has 12 aromatic rings. The second kappa shape index (κ2) is 10.6. The highest BCUT2D eigenvalue weighted by molar-refractivity contribution is 6.38. The van der Waals surface area contributed by atoms with Crippen molar-refractivity contribution >= 4 is 87.4 Å². The molecular weight excluding hydrogens is 651 g/mol. The first-order chi connectivity index (χ1) is 26.3. The van der Waals surface area contributed by atoms with E-state index in [1.165, 1.54) is 0 Å². The fraction of sp³-hybridized carbons (Fsp3) is 0. The Morgan fingerprint density at radius 1 is 0.415 bits per heavy atom. The molecule has 8 aromatic carbocycles. The molecule has 5 heteroatoms. The van der Waals surface area contributed by atoms with Gasteiger partial charge in [0.2, 0.25) is 0 Å². The van der Waals surface area contributed by atoms with E-state index in [0.29, 0.717) is 5.82 Å². The van der Waals surface area contributed by atoms with Crippen LogP contribution in [0.2, 0.25) is 0 Å². The maximum absolute atomic E-state index is 6.90. The lowest BCUT2D eigenvalue weighted by atomic mass is 10.00. The Balaban J connectivity index is 1.22. The molecule has 0 unspecified atom stereocenters. The van der Waals surface area contributed by atoms with Gasteiger partial charge >= 0.3 is 0 Å². The smallest absolute Gasteiger partial charge is 0.161 e. The summed E-state index contributed by atoms with van der Waals surface area (Å²) in [6.07, 6.45) is 0. The van der Waals surface area contributed by atoms with Crippen molar-refractivity contribution < 1.29 is 8.83 Å². The van der Waals surface area contributed by atoms with Crippen LogP contribution in [-0.4, -0.2) is 14.5 Å². The molecule has 4 heterocycles. The number of benzene rings is 8. The normalized spacial score (nSPS) is 12.2. The second-order valence-corrected chi connectivity index (χ2v) is 13.6. The average Bonchev–Trinajstić information content (AvgIpc) is 3.90. The molecule has 0 amide bonds. The number of fused-ring (bicyclic) bond motifs is 14. The third-order valence-corrected chi connectivity index (χ3v) is 10.8. The molecule has 12 rings (SSSR count). The van der Waals surface area contributed by atoms with Crippen LogP contribution in [-0.2, 0) is 0 Å². The van der Waals surface area contributed by atoms with Gasteiger partial charge in [-0.2, -0.15) is 0 Å². The minimum absolute atomic E-state index is 0.691. The Hall–Kier alpha value is -7.24. The van der Waals surface area contributed by atoms with Gasteiger partial charge in [-0.05, 0) is 41.8 Å². The van der Waals surface area contributed by atoms with Crippen LogP contribution in [0, 0.1) is 0 Å². The van der Waals surface area contributed by atoms with Crippen LogP contribution in [0.15, 0.2) is 173 Å². The monoisotopic (exact) mass is 677 g/mol. The number of para-hydroxylation sites is 4. The summed E-state index contributed by atoms with van der Waals surface area (Å²) in [4.78, 5) is 10.4. The van der Waals surface area contributed by atoms with E-state index in [9.17, 15) is 0 Å². The van der Waals surface area contributed by atoms with E-state index in [1.807, 2.05) is 30.3 Å². The van der Waals surface area contributed by atoms with Crippen molar-refractivity contribution in [2.75, 3.05) is 0 Å². The molecule has 0 aliphatic rings. The number of furan rings is 2. The Bertz CT molecular complexity index is 3460. The minimum Gasteiger partial charge on any atom is -0.455 e. The standard InChI is InChI=1S/C48H27N3O2/c1-2-14-28(15-3-1)44-32-18-6-10-22-36(32)49-48(50-44)31-26-27-38(30-17-5-4-16-29(30)31)51-37-23-11-7-19-33(37)43-45(51)47-42(35-21-9-13-25-40(35)53-47)41-34-20-8-12-24-39(34)52-46(41)43/h1-27H. The Kier molecular flexibility index (Phi) is 5.71. The minimum atomic E-state index is 0.691. The van der Waals surface area contributed by atoms with Crippen LogP contribution in [0.3, 0.4) is 0 Å². The largest absolute Gasteiger partial charge is 0.455 e. The van der Waals surface area contributed by atoms with Crippen LogP contribution in [0.4, 0.5) is 0 Å². The zero-order valence-electron chi connectivity index (χ0n) is 28.2. The zero-order valence-corrected chi connectivity index (χ0v) is 28.2. The number of rotatable bonds is 3. The Labute approximate surface area is 302 Å². The van der Waals surface area contributed by atoms with Crippen molar-refractivity contribution in [1.82, 2.24) is 14.5 Å². The molecule has 0 atom stereocenters. The van der Waals surface area contributed by atoms with Gasteiger partial charge in [0.05, 0.1) is 27.8 Å². The highest BCUT2D eigenvalue weighted by atomic mass is 16.3. The van der Waals surface area contributed by atoms with Gasteiger partial charge < -0.3 is 13.4 Å². The number of hydrogen-bond acceptors (Lipinski definition) is 4. The summed E-state index contributed by atoms with van der Waals surface area (Å²) < 4.78 is 16.1. The van der Waals surface area contributed by atoms with Gasteiger partial charge in [-0.25, -0.2) is 9.97 Å². The molecule has 0 spiro atoms. The molecule has 0 fully saturated rings. The van der Waals surface area contributed by atoms with Gasteiger partial charge in [0, 0.05) is 48.8 Å². The van der Waals surface area contributed by atoms with Crippen LogP contribution >= 0.6 is 0 Å². The number of hydrogen-bond donors (Lipinski definition) is 0. The Morgan fingerprint density at radius 3 is 1.77 bits per heavy atom. The van der Waals surface area contributed by atoms with Crippen LogP contribution in [0.1, 0.15) is 0 Å². The van der Waals surface area contributed by atoms with Gasteiger partial charge in [-0.15, -0.1) is 0 Å². The third kappa shape index (κ3) is 3.91. The topological polar surface area (TPSA) is 57.0 Å². The van der Waals surface area contributed by atoms with Crippen molar-refractivity contribution in [3.8, 4) is 28.3 Å². The van der Waals surface area contributed by atoms with E-state index >= 15 is 0 Å². The van der Waals surface area contributed by atoms with E-state index in [0.717, 1.165) is 110 Å². The summed E-state index contributed by atoms with van der Waals surface area (Å²) in [5, 5.41) is 9.62. The lowest BCUT2D eigenvalue weighted by molar-refractivity contribution is 0.667. The molecule has 0 bridgehead atoms. The first-order valence-electron chi connectivity index (χ1n) is 17.8. The quantitative estimate of drug-likeness (QED) is 0.187. The van der Waals surface area contributed by atoms with Crippen molar-refractivity contribution in [2.24, 2.45) is 0 Å². The molecule has 0 aliphatic carbocycles. The highest BCUT2D eigenvalue weighted by Crippen LogP contribution is 2.49. The molecular formula is C48H27N3O2. The number of aromatic nitrogens is 3. The van der Waals surface area contributed by atoms with E-state index < -0.39 is 0 Å². The molecule has 53 heavy (non-hydrogen) atoms. The first-order valence-corrected chi connectivity index (χ1v) is 17.8. The summed E-state index contributed by atoms with van der Waals surface area (Å²) in [6, 6.07) is 56.8. The summed E-state index contributed by atoms with van der Waals surface area (Å²) in [5.74, 6) is 0.691.